The van der Waals surface area contributed by atoms with E-state index in [-0.39, 0.29) is 23.3 Å². The lowest BCUT2D eigenvalue weighted by atomic mass is 10.2. The van der Waals surface area contributed by atoms with Gasteiger partial charge in [-0.15, -0.1) is 0 Å². The molecule has 1 heterocycles. The van der Waals surface area contributed by atoms with E-state index in [9.17, 15) is 9.59 Å². The molecule has 196 valence electrons. The molecule has 0 aliphatic heterocycles. The van der Waals surface area contributed by atoms with Crippen LogP contribution in [-0.4, -0.2) is 61.5 Å². The van der Waals surface area contributed by atoms with Crippen LogP contribution in [0.1, 0.15) is 0 Å². The van der Waals surface area contributed by atoms with Crippen LogP contribution >= 0.6 is 23.5 Å². The van der Waals surface area contributed by atoms with Crippen LogP contribution in [-0.2, 0) is 9.59 Å². The lowest BCUT2D eigenvalue weighted by molar-refractivity contribution is -0.114. The molecule has 0 aliphatic rings. The summed E-state index contributed by atoms with van der Waals surface area (Å²) in [6.45, 7) is 0. The Morgan fingerprint density at radius 1 is 0.632 bits per heavy atom. The summed E-state index contributed by atoms with van der Waals surface area (Å²) in [6.07, 6.45) is 0. The standard InChI is InChI=1S/C28H30N6O2S2/c1-33(2)21-13-9-19(10-14-21)29-25(35)17-37-27-28(32-24-8-6-5-7-23(24)31-27)38-18-26(36)30-20-11-15-22(16-12-20)34(3)4/h5-16H,17-18H2,1-4H3,(H,29,35)(H,30,36). The first kappa shape index (κ1) is 27.3. The topological polar surface area (TPSA) is 90.5 Å². The lowest BCUT2D eigenvalue weighted by Gasteiger charge is -2.13. The second-order valence-corrected chi connectivity index (χ2v) is 10.8. The van der Waals surface area contributed by atoms with Gasteiger partial charge in [-0.05, 0) is 60.7 Å². The van der Waals surface area contributed by atoms with E-state index in [1.54, 1.807) is 0 Å². The lowest BCUT2D eigenvalue weighted by Crippen LogP contribution is -2.15. The average Bonchev–Trinajstić information content (AvgIpc) is 2.91. The third-order valence-electron chi connectivity index (χ3n) is 5.52. The number of anilines is 4. The van der Waals surface area contributed by atoms with Crippen molar-refractivity contribution < 1.29 is 9.59 Å². The molecule has 3 aromatic carbocycles. The molecule has 1 aromatic heterocycles. The van der Waals surface area contributed by atoms with Gasteiger partial charge in [0.05, 0.1) is 22.5 Å². The minimum atomic E-state index is -0.141. The van der Waals surface area contributed by atoms with E-state index in [0.717, 1.165) is 33.8 Å². The molecular weight excluding hydrogens is 516 g/mol. The number of benzene rings is 3. The Morgan fingerprint density at radius 3 is 1.34 bits per heavy atom. The molecule has 8 nitrogen and oxygen atoms in total. The van der Waals surface area contributed by atoms with Gasteiger partial charge >= 0.3 is 0 Å². The number of aromatic nitrogens is 2. The zero-order valence-corrected chi connectivity index (χ0v) is 23.4. The van der Waals surface area contributed by atoms with Gasteiger partial charge in [-0.3, -0.25) is 9.59 Å². The highest BCUT2D eigenvalue weighted by Gasteiger charge is 2.15. The minimum Gasteiger partial charge on any atom is -0.378 e. The number of hydrogen-bond acceptors (Lipinski definition) is 8. The molecule has 0 spiro atoms. The number of carbonyl (C=O) groups is 2. The Morgan fingerprint density at radius 2 is 1.00 bits per heavy atom. The maximum atomic E-state index is 12.7. The Hall–Kier alpha value is -3.76. The fourth-order valence-electron chi connectivity index (χ4n) is 3.50. The summed E-state index contributed by atoms with van der Waals surface area (Å²) < 4.78 is 0. The van der Waals surface area contributed by atoms with Crippen LogP contribution in [0.4, 0.5) is 22.7 Å². The summed E-state index contributed by atoms with van der Waals surface area (Å²) in [5.41, 5.74) is 5.06. The number of para-hydroxylation sites is 2. The predicted octanol–water partition coefficient (Wildman–Crippen LogP) is 5.22. The van der Waals surface area contributed by atoms with Crippen molar-refractivity contribution in [3.05, 3.63) is 72.8 Å². The van der Waals surface area contributed by atoms with Gasteiger partial charge in [0.15, 0.2) is 0 Å². The first-order valence-electron chi connectivity index (χ1n) is 12.0. The van der Waals surface area contributed by atoms with E-state index in [1.807, 2.05) is 111 Å². The molecule has 0 aliphatic carbocycles. The first-order valence-corrected chi connectivity index (χ1v) is 13.9. The largest absolute Gasteiger partial charge is 0.378 e. The third kappa shape index (κ3) is 7.39. The van der Waals surface area contributed by atoms with Crippen LogP contribution in [0.5, 0.6) is 0 Å². The molecule has 0 saturated carbocycles. The van der Waals surface area contributed by atoms with Crippen LogP contribution in [0.2, 0.25) is 0 Å². The second kappa shape index (κ2) is 12.7. The van der Waals surface area contributed by atoms with Gasteiger partial charge in [-0.1, -0.05) is 35.7 Å². The molecule has 4 rings (SSSR count). The Labute approximate surface area is 231 Å². The first-order chi connectivity index (χ1) is 18.3. The summed E-state index contributed by atoms with van der Waals surface area (Å²) in [6, 6.07) is 22.9. The quantitative estimate of drug-likeness (QED) is 0.262. The van der Waals surface area contributed by atoms with E-state index in [0.29, 0.717) is 10.1 Å². The SMILES string of the molecule is CN(C)c1ccc(NC(=O)CSc2nc3ccccc3nc2SCC(=O)Nc2ccc(N(C)C)cc2)cc1. The number of hydrogen-bond donors (Lipinski definition) is 2. The van der Waals surface area contributed by atoms with Gasteiger partial charge in [0.2, 0.25) is 11.8 Å². The van der Waals surface area contributed by atoms with Gasteiger partial charge in [-0.25, -0.2) is 9.97 Å². The molecule has 38 heavy (non-hydrogen) atoms. The molecule has 0 bridgehead atoms. The molecule has 0 radical (unpaired) electrons. The van der Waals surface area contributed by atoms with Gasteiger partial charge < -0.3 is 20.4 Å². The van der Waals surface area contributed by atoms with Gasteiger partial charge in [0.25, 0.3) is 0 Å². The van der Waals surface area contributed by atoms with Crippen molar-refractivity contribution in [2.24, 2.45) is 0 Å². The maximum Gasteiger partial charge on any atom is 0.234 e. The molecule has 0 fully saturated rings. The molecule has 0 unspecified atom stereocenters. The van der Waals surface area contributed by atoms with Crippen molar-refractivity contribution >= 4 is 69.1 Å². The summed E-state index contributed by atoms with van der Waals surface area (Å²) in [4.78, 5) is 38.8. The van der Waals surface area contributed by atoms with Crippen LogP contribution in [0, 0.1) is 0 Å². The highest BCUT2D eigenvalue weighted by atomic mass is 32.2. The third-order valence-corrected chi connectivity index (χ3v) is 7.58. The number of nitrogens with zero attached hydrogens (tertiary/aromatic N) is 4. The van der Waals surface area contributed by atoms with Gasteiger partial charge in [0, 0.05) is 50.9 Å². The highest BCUT2D eigenvalue weighted by Crippen LogP contribution is 2.30. The minimum absolute atomic E-state index is 0.141. The Kier molecular flexibility index (Phi) is 9.09. The number of nitrogens with one attached hydrogen (secondary N) is 2. The van der Waals surface area contributed by atoms with Crippen molar-refractivity contribution in [1.29, 1.82) is 0 Å². The van der Waals surface area contributed by atoms with E-state index in [1.165, 1.54) is 23.5 Å². The number of amides is 2. The summed E-state index contributed by atoms with van der Waals surface area (Å²) in [7, 11) is 7.88. The summed E-state index contributed by atoms with van der Waals surface area (Å²) >= 11 is 2.61. The number of thioether (sulfide) groups is 2. The molecule has 2 amide bonds. The Bertz CT molecular complexity index is 1300. The van der Waals surface area contributed by atoms with E-state index in [4.69, 9.17) is 9.97 Å². The van der Waals surface area contributed by atoms with Gasteiger partial charge in [-0.2, -0.15) is 0 Å². The zero-order chi connectivity index (χ0) is 27.1. The van der Waals surface area contributed by atoms with E-state index >= 15 is 0 Å². The number of carbonyl (C=O) groups excluding carboxylic acids is 2. The smallest absolute Gasteiger partial charge is 0.234 e. The second-order valence-electron chi connectivity index (χ2n) is 8.88. The summed E-state index contributed by atoms with van der Waals surface area (Å²) in [5, 5.41) is 7.09. The number of fused-ring (bicyclic) bond motifs is 1. The van der Waals surface area contributed by atoms with Crippen molar-refractivity contribution in [3.63, 3.8) is 0 Å². The van der Waals surface area contributed by atoms with Crippen molar-refractivity contribution in [2.75, 3.05) is 60.1 Å². The van der Waals surface area contributed by atoms with Gasteiger partial charge in [0.1, 0.15) is 10.1 Å². The van der Waals surface area contributed by atoms with Crippen molar-refractivity contribution in [1.82, 2.24) is 9.97 Å². The van der Waals surface area contributed by atoms with Crippen LogP contribution in [0.3, 0.4) is 0 Å². The highest BCUT2D eigenvalue weighted by molar-refractivity contribution is 8.02. The summed E-state index contributed by atoms with van der Waals surface area (Å²) in [5.74, 6) is 0.0516. The molecule has 2 N–H and O–H groups in total. The van der Waals surface area contributed by atoms with Crippen LogP contribution in [0.15, 0.2) is 82.8 Å². The normalized spacial score (nSPS) is 10.7. The van der Waals surface area contributed by atoms with Crippen LogP contribution < -0.4 is 20.4 Å². The molecule has 0 atom stereocenters. The molecular formula is C28H30N6O2S2. The fourth-order valence-corrected chi connectivity index (χ4v) is 5.20. The maximum absolute atomic E-state index is 12.7. The van der Waals surface area contributed by atoms with Crippen LogP contribution in [0.25, 0.3) is 11.0 Å². The monoisotopic (exact) mass is 546 g/mol. The molecule has 0 saturated heterocycles. The predicted molar refractivity (Wildman–Crippen MR) is 160 cm³/mol. The zero-order valence-electron chi connectivity index (χ0n) is 21.8. The van der Waals surface area contributed by atoms with E-state index in [2.05, 4.69) is 10.6 Å². The Balaban J connectivity index is 1.40. The van der Waals surface area contributed by atoms with E-state index < -0.39 is 0 Å². The number of rotatable bonds is 10. The van der Waals surface area contributed by atoms with Crippen molar-refractivity contribution in [3.8, 4) is 0 Å². The fraction of sp³-hybridized carbons (Fsp3) is 0.214. The van der Waals surface area contributed by atoms with Crippen molar-refractivity contribution in [2.45, 2.75) is 10.1 Å². The molecule has 4 aromatic rings. The average molecular weight is 547 g/mol. The molecule has 10 heteroatoms.